The highest BCUT2D eigenvalue weighted by Gasteiger charge is 2.21. The zero-order chi connectivity index (χ0) is 16.1. The van der Waals surface area contributed by atoms with Crippen molar-refractivity contribution in [3.63, 3.8) is 0 Å². The van der Waals surface area contributed by atoms with Gasteiger partial charge in [0, 0.05) is 43.0 Å². The van der Waals surface area contributed by atoms with Gasteiger partial charge in [0.15, 0.2) is 0 Å². The van der Waals surface area contributed by atoms with Crippen LogP contribution in [0.4, 0.5) is 0 Å². The fourth-order valence-corrected chi connectivity index (χ4v) is 4.04. The van der Waals surface area contributed by atoms with Crippen molar-refractivity contribution in [3.05, 3.63) is 46.4 Å². The molecule has 0 radical (unpaired) electrons. The SMILES string of the molecule is Cc1nc(CN2CCN(C(=O)CSc3ccccc3)CC2)cs1. The second-order valence-corrected chi connectivity index (χ2v) is 7.73. The number of thiazole rings is 1. The fourth-order valence-electron chi connectivity index (χ4n) is 2.62. The maximum absolute atomic E-state index is 12.3. The Labute approximate surface area is 145 Å². The van der Waals surface area contributed by atoms with E-state index in [9.17, 15) is 4.79 Å². The number of carbonyl (C=O) groups is 1. The van der Waals surface area contributed by atoms with Gasteiger partial charge in [0.05, 0.1) is 16.5 Å². The molecule has 3 rings (SSSR count). The van der Waals surface area contributed by atoms with Crippen molar-refractivity contribution in [2.45, 2.75) is 18.4 Å². The Morgan fingerprint density at radius 1 is 1.22 bits per heavy atom. The van der Waals surface area contributed by atoms with E-state index in [1.165, 1.54) is 0 Å². The van der Waals surface area contributed by atoms with E-state index in [4.69, 9.17) is 0 Å². The minimum Gasteiger partial charge on any atom is -0.339 e. The van der Waals surface area contributed by atoms with Crippen LogP contribution in [0.5, 0.6) is 0 Å². The lowest BCUT2D eigenvalue weighted by atomic mass is 10.3. The van der Waals surface area contributed by atoms with Gasteiger partial charge < -0.3 is 4.90 Å². The maximum Gasteiger partial charge on any atom is 0.233 e. The minimum atomic E-state index is 0.239. The van der Waals surface area contributed by atoms with Crippen molar-refractivity contribution < 1.29 is 4.79 Å². The van der Waals surface area contributed by atoms with Gasteiger partial charge in [-0.3, -0.25) is 9.69 Å². The van der Waals surface area contributed by atoms with Crippen molar-refractivity contribution in [3.8, 4) is 0 Å². The van der Waals surface area contributed by atoms with Crippen LogP contribution in [-0.2, 0) is 11.3 Å². The molecule has 23 heavy (non-hydrogen) atoms. The Morgan fingerprint density at radius 2 is 1.96 bits per heavy atom. The van der Waals surface area contributed by atoms with Crippen LogP contribution in [0.25, 0.3) is 0 Å². The van der Waals surface area contributed by atoms with Gasteiger partial charge in [0.1, 0.15) is 0 Å². The first-order valence-corrected chi connectivity index (χ1v) is 9.66. The normalized spacial score (nSPS) is 15.8. The summed E-state index contributed by atoms with van der Waals surface area (Å²) in [4.78, 5) is 22.3. The predicted molar refractivity (Wildman–Crippen MR) is 95.9 cm³/mol. The average molecular weight is 348 g/mol. The minimum absolute atomic E-state index is 0.239. The number of thioether (sulfide) groups is 1. The monoisotopic (exact) mass is 347 g/mol. The molecule has 0 N–H and O–H groups in total. The topological polar surface area (TPSA) is 36.4 Å². The summed E-state index contributed by atoms with van der Waals surface area (Å²) < 4.78 is 0. The van der Waals surface area contributed by atoms with Gasteiger partial charge in [0.25, 0.3) is 0 Å². The summed E-state index contributed by atoms with van der Waals surface area (Å²) in [6.45, 7) is 6.42. The molecule has 1 aliphatic rings. The van der Waals surface area contributed by atoms with E-state index in [0.29, 0.717) is 5.75 Å². The molecule has 4 nitrogen and oxygen atoms in total. The summed E-state index contributed by atoms with van der Waals surface area (Å²) >= 11 is 3.31. The van der Waals surface area contributed by atoms with E-state index >= 15 is 0 Å². The molecule has 2 heterocycles. The highest BCUT2D eigenvalue weighted by atomic mass is 32.2. The van der Waals surface area contributed by atoms with E-state index in [1.807, 2.05) is 42.2 Å². The molecule has 0 unspecified atom stereocenters. The van der Waals surface area contributed by atoms with Crippen LogP contribution < -0.4 is 0 Å². The molecule has 122 valence electrons. The van der Waals surface area contributed by atoms with Crippen LogP contribution in [0.1, 0.15) is 10.7 Å². The van der Waals surface area contributed by atoms with Crippen LogP contribution in [-0.4, -0.2) is 52.6 Å². The highest BCUT2D eigenvalue weighted by molar-refractivity contribution is 8.00. The molecule has 1 saturated heterocycles. The third-order valence-electron chi connectivity index (χ3n) is 3.88. The molecule has 0 aliphatic carbocycles. The molecule has 0 spiro atoms. The number of amides is 1. The van der Waals surface area contributed by atoms with E-state index in [-0.39, 0.29) is 5.91 Å². The van der Waals surface area contributed by atoms with Crippen molar-refractivity contribution in [2.24, 2.45) is 0 Å². The smallest absolute Gasteiger partial charge is 0.233 e. The van der Waals surface area contributed by atoms with Crippen molar-refractivity contribution in [1.82, 2.24) is 14.8 Å². The summed E-state index contributed by atoms with van der Waals surface area (Å²) in [6, 6.07) is 10.1. The van der Waals surface area contributed by atoms with E-state index < -0.39 is 0 Å². The maximum atomic E-state index is 12.3. The first-order valence-electron chi connectivity index (χ1n) is 7.80. The first kappa shape index (κ1) is 16.5. The van der Waals surface area contributed by atoms with E-state index in [1.54, 1.807) is 23.1 Å². The second kappa shape index (κ2) is 7.95. The molecule has 1 fully saturated rings. The average Bonchev–Trinajstić information content (AvgIpc) is 2.99. The molecule has 1 aliphatic heterocycles. The van der Waals surface area contributed by atoms with Crippen molar-refractivity contribution in [2.75, 3.05) is 31.9 Å². The molecular formula is C17H21N3OS2. The van der Waals surface area contributed by atoms with Crippen molar-refractivity contribution in [1.29, 1.82) is 0 Å². The van der Waals surface area contributed by atoms with Crippen LogP contribution in [0, 0.1) is 6.92 Å². The van der Waals surface area contributed by atoms with Gasteiger partial charge in [-0.15, -0.1) is 23.1 Å². The van der Waals surface area contributed by atoms with Gasteiger partial charge in [-0.05, 0) is 19.1 Å². The third-order valence-corrected chi connectivity index (χ3v) is 5.70. The largest absolute Gasteiger partial charge is 0.339 e. The number of aryl methyl sites for hydroxylation is 1. The van der Waals surface area contributed by atoms with E-state index in [0.717, 1.165) is 48.3 Å². The lowest BCUT2D eigenvalue weighted by Crippen LogP contribution is -2.48. The fraction of sp³-hybridized carbons (Fsp3) is 0.412. The molecular weight excluding hydrogens is 326 g/mol. The Kier molecular flexibility index (Phi) is 5.70. The summed E-state index contributed by atoms with van der Waals surface area (Å²) in [6.07, 6.45) is 0. The summed E-state index contributed by atoms with van der Waals surface area (Å²) in [7, 11) is 0. The summed E-state index contributed by atoms with van der Waals surface area (Å²) in [5.74, 6) is 0.762. The number of carbonyl (C=O) groups excluding carboxylic acids is 1. The standard InChI is InChI=1S/C17H21N3OS2/c1-14-18-15(12-22-14)11-19-7-9-20(10-8-19)17(21)13-23-16-5-3-2-4-6-16/h2-6,12H,7-11,13H2,1H3. The van der Waals surface area contributed by atoms with Gasteiger partial charge in [-0.2, -0.15) is 0 Å². The van der Waals surface area contributed by atoms with Crippen LogP contribution in [0.2, 0.25) is 0 Å². The molecule has 1 aromatic heterocycles. The van der Waals surface area contributed by atoms with E-state index in [2.05, 4.69) is 15.3 Å². The van der Waals surface area contributed by atoms with Gasteiger partial charge in [-0.1, -0.05) is 18.2 Å². The van der Waals surface area contributed by atoms with Crippen LogP contribution >= 0.6 is 23.1 Å². The Hall–Kier alpha value is -1.37. The quantitative estimate of drug-likeness (QED) is 0.779. The summed E-state index contributed by atoms with van der Waals surface area (Å²) in [5, 5.41) is 3.25. The number of piperazine rings is 1. The van der Waals surface area contributed by atoms with Crippen LogP contribution in [0.3, 0.4) is 0 Å². The number of hydrogen-bond donors (Lipinski definition) is 0. The molecule has 0 bridgehead atoms. The zero-order valence-electron chi connectivity index (χ0n) is 13.3. The summed E-state index contributed by atoms with van der Waals surface area (Å²) in [5.41, 5.74) is 1.15. The number of rotatable bonds is 5. The molecule has 0 atom stereocenters. The molecule has 1 aromatic carbocycles. The lowest BCUT2D eigenvalue weighted by molar-refractivity contribution is -0.130. The molecule has 6 heteroatoms. The molecule has 0 saturated carbocycles. The number of nitrogens with zero attached hydrogens (tertiary/aromatic N) is 3. The number of aromatic nitrogens is 1. The molecule has 1 amide bonds. The number of benzene rings is 1. The third kappa shape index (κ3) is 4.80. The Bertz CT molecular complexity index is 636. The first-order chi connectivity index (χ1) is 11.2. The molecule has 2 aromatic rings. The van der Waals surface area contributed by atoms with Crippen LogP contribution in [0.15, 0.2) is 40.6 Å². The zero-order valence-corrected chi connectivity index (χ0v) is 14.9. The van der Waals surface area contributed by atoms with Gasteiger partial charge in [0.2, 0.25) is 5.91 Å². The highest BCUT2D eigenvalue weighted by Crippen LogP contribution is 2.18. The van der Waals surface area contributed by atoms with Gasteiger partial charge >= 0.3 is 0 Å². The second-order valence-electron chi connectivity index (χ2n) is 5.62. The number of hydrogen-bond acceptors (Lipinski definition) is 5. The Balaban J connectivity index is 1.42. The lowest BCUT2D eigenvalue weighted by Gasteiger charge is -2.34. The Morgan fingerprint density at radius 3 is 2.61 bits per heavy atom. The van der Waals surface area contributed by atoms with Gasteiger partial charge in [-0.25, -0.2) is 4.98 Å². The van der Waals surface area contributed by atoms with Crippen molar-refractivity contribution >= 4 is 29.0 Å². The predicted octanol–water partition coefficient (Wildman–Crippen LogP) is 2.89.